The lowest BCUT2D eigenvalue weighted by atomic mass is 10.1. The molecule has 0 spiro atoms. The molecule has 0 radical (unpaired) electrons. The molecule has 0 bridgehead atoms. The molecule has 126 valence electrons. The van der Waals surface area contributed by atoms with E-state index in [0.29, 0.717) is 11.1 Å². The Hall–Kier alpha value is -2.76. The van der Waals surface area contributed by atoms with Gasteiger partial charge in [-0.05, 0) is 6.07 Å². The minimum Gasteiger partial charge on any atom is -0.434 e. The number of carbonyl (C=O) groups is 2. The quantitative estimate of drug-likeness (QED) is 0.752. The van der Waals surface area contributed by atoms with E-state index >= 15 is 0 Å². The Morgan fingerprint density at radius 3 is 2.33 bits per heavy atom. The molecular weight excluding hydrogens is 316 g/mol. The molecule has 6 heteroatoms. The summed E-state index contributed by atoms with van der Waals surface area (Å²) in [6, 6.07) is 14.9. The number of hydrogen-bond donors (Lipinski definition) is 1. The molecule has 0 aliphatic heterocycles. The van der Waals surface area contributed by atoms with Gasteiger partial charge in [-0.1, -0.05) is 48.5 Å². The van der Waals surface area contributed by atoms with Crippen molar-refractivity contribution in [3.63, 3.8) is 0 Å². The lowest BCUT2D eigenvalue weighted by Gasteiger charge is -2.11. The minimum absolute atomic E-state index is 0.0214. The lowest BCUT2D eigenvalue weighted by Crippen LogP contribution is -2.23. The molecule has 0 saturated carbocycles. The summed E-state index contributed by atoms with van der Waals surface area (Å²) in [4.78, 5) is 23.7. The smallest absolute Gasteiger partial charge is 0.387 e. The molecule has 1 N–H and O–H groups in total. The minimum atomic E-state index is -2.93. The number of Topliss-reactive ketones (excluding diaryl/α,β-unsaturated/α-hetero) is 1. The predicted octanol–water partition coefficient (Wildman–Crippen LogP) is 3.57. The molecule has 0 aliphatic rings. The van der Waals surface area contributed by atoms with Gasteiger partial charge in [0.25, 0.3) is 0 Å². The topological polar surface area (TPSA) is 55.4 Å². The fourth-order valence-corrected chi connectivity index (χ4v) is 2.14. The van der Waals surface area contributed by atoms with E-state index in [2.05, 4.69) is 10.1 Å². The molecule has 2 aromatic carbocycles. The van der Waals surface area contributed by atoms with Crippen molar-refractivity contribution >= 4 is 11.7 Å². The summed E-state index contributed by atoms with van der Waals surface area (Å²) in [7, 11) is 0. The van der Waals surface area contributed by atoms with Crippen molar-refractivity contribution in [2.24, 2.45) is 0 Å². The molecule has 24 heavy (non-hydrogen) atoms. The SMILES string of the molecule is O=C(CCC(=O)c1ccccc1)NCc1ccccc1OC(F)F. The molecule has 0 unspecified atom stereocenters. The maximum Gasteiger partial charge on any atom is 0.387 e. The van der Waals surface area contributed by atoms with Crippen LogP contribution in [0.2, 0.25) is 0 Å². The zero-order valence-corrected chi connectivity index (χ0v) is 12.9. The van der Waals surface area contributed by atoms with Crippen LogP contribution >= 0.6 is 0 Å². The number of para-hydroxylation sites is 1. The number of ether oxygens (including phenoxy) is 1. The van der Waals surface area contributed by atoms with E-state index in [0.717, 1.165) is 0 Å². The Labute approximate surface area is 138 Å². The molecule has 2 rings (SSSR count). The van der Waals surface area contributed by atoms with E-state index in [-0.39, 0.29) is 36.8 Å². The average Bonchev–Trinajstić information content (AvgIpc) is 2.59. The Morgan fingerprint density at radius 1 is 0.958 bits per heavy atom. The van der Waals surface area contributed by atoms with Crippen LogP contribution in [-0.2, 0) is 11.3 Å². The van der Waals surface area contributed by atoms with Crippen LogP contribution in [0.4, 0.5) is 8.78 Å². The number of halogens is 2. The van der Waals surface area contributed by atoms with Gasteiger partial charge >= 0.3 is 6.61 Å². The normalized spacial score (nSPS) is 10.5. The summed E-state index contributed by atoms with van der Waals surface area (Å²) < 4.78 is 29.0. The van der Waals surface area contributed by atoms with E-state index in [9.17, 15) is 18.4 Å². The van der Waals surface area contributed by atoms with Gasteiger partial charge in [-0.2, -0.15) is 8.78 Å². The van der Waals surface area contributed by atoms with E-state index in [1.54, 1.807) is 42.5 Å². The summed E-state index contributed by atoms with van der Waals surface area (Å²) in [6.45, 7) is -2.87. The third-order valence-electron chi connectivity index (χ3n) is 3.34. The molecule has 4 nitrogen and oxygen atoms in total. The number of carbonyl (C=O) groups excluding carboxylic acids is 2. The molecule has 0 fully saturated rings. The van der Waals surface area contributed by atoms with Gasteiger partial charge in [0.05, 0.1) is 0 Å². The molecule has 0 aromatic heterocycles. The van der Waals surface area contributed by atoms with Crippen LogP contribution in [0.25, 0.3) is 0 Å². The van der Waals surface area contributed by atoms with Gasteiger partial charge in [-0.3, -0.25) is 9.59 Å². The second-order valence-corrected chi connectivity index (χ2v) is 5.05. The van der Waals surface area contributed by atoms with E-state index in [4.69, 9.17) is 0 Å². The largest absolute Gasteiger partial charge is 0.434 e. The zero-order chi connectivity index (χ0) is 17.4. The van der Waals surface area contributed by atoms with Gasteiger partial charge in [-0.15, -0.1) is 0 Å². The summed E-state index contributed by atoms with van der Waals surface area (Å²) >= 11 is 0. The van der Waals surface area contributed by atoms with Crippen molar-refractivity contribution < 1.29 is 23.1 Å². The first-order valence-electron chi connectivity index (χ1n) is 7.44. The Kier molecular flexibility index (Phi) is 6.42. The van der Waals surface area contributed by atoms with Gasteiger partial charge in [0.2, 0.25) is 5.91 Å². The van der Waals surface area contributed by atoms with Crippen molar-refractivity contribution in [1.29, 1.82) is 0 Å². The summed E-state index contributed by atoms with van der Waals surface area (Å²) in [6.07, 6.45) is 0.122. The summed E-state index contributed by atoms with van der Waals surface area (Å²) in [5.74, 6) is -0.425. The first-order chi connectivity index (χ1) is 11.6. The summed E-state index contributed by atoms with van der Waals surface area (Å²) in [5, 5.41) is 2.60. The molecule has 1 amide bonds. The van der Waals surface area contributed by atoms with Crippen LogP contribution in [0, 0.1) is 0 Å². The van der Waals surface area contributed by atoms with Crippen molar-refractivity contribution in [2.75, 3.05) is 0 Å². The van der Waals surface area contributed by atoms with Crippen LogP contribution in [-0.4, -0.2) is 18.3 Å². The molecule has 0 saturated heterocycles. The molecular formula is C18H17F2NO3. The van der Waals surface area contributed by atoms with Gasteiger partial charge < -0.3 is 10.1 Å². The monoisotopic (exact) mass is 333 g/mol. The van der Waals surface area contributed by atoms with Crippen LogP contribution in [0.3, 0.4) is 0 Å². The van der Waals surface area contributed by atoms with Gasteiger partial charge in [0.1, 0.15) is 5.75 Å². The van der Waals surface area contributed by atoms with Crippen molar-refractivity contribution in [1.82, 2.24) is 5.32 Å². The number of alkyl halides is 2. The number of nitrogens with one attached hydrogen (secondary N) is 1. The van der Waals surface area contributed by atoms with Crippen LogP contribution in [0.15, 0.2) is 54.6 Å². The van der Waals surface area contributed by atoms with Gasteiger partial charge in [-0.25, -0.2) is 0 Å². The van der Waals surface area contributed by atoms with Gasteiger partial charge in [0.15, 0.2) is 5.78 Å². The van der Waals surface area contributed by atoms with Crippen LogP contribution in [0.1, 0.15) is 28.8 Å². The average molecular weight is 333 g/mol. The molecule has 0 aliphatic carbocycles. The lowest BCUT2D eigenvalue weighted by molar-refractivity contribution is -0.121. The van der Waals surface area contributed by atoms with Crippen LogP contribution < -0.4 is 10.1 Å². The molecule has 2 aromatic rings. The van der Waals surface area contributed by atoms with Crippen molar-refractivity contribution in [2.45, 2.75) is 26.0 Å². The third kappa shape index (κ3) is 5.46. The van der Waals surface area contributed by atoms with Gasteiger partial charge in [0, 0.05) is 30.5 Å². The number of hydrogen-bond acceptors (Lipinski definition) is 3. The predicted molar refractivity (Wildman–Crippen MR) is 84.9 cm³/mol. The Morgan fingerprint density at radius 2 is 1.62 bits per heavy atom. The number of amides is 1. The molecule has 0 atom stereocenters. The van der Waals surface area contributed by atoms with Crippen molar-refractivity contribution in [3.8, 4) is 5.75 Å². The maximum atomic E-state index is 12.3. The highest BCUT2D eigenvalue weighted by Gasteiger charge is 2.11. The Bertz CT molecular complexity index is 690. The first kappa shape index (κ1) is 17.6. The standard InChI is InChI=1S/C18H17F2NO3/c19-18(20)24-16-9-5-4-8-14(16)12-21-17(23)11-10-15(22)13-6-2-1-3-7-13/h1-9,18H,10-12H2,(H,21,23). The number of ketones is 1. The zero-order valence-electron chi connectivity index (χ0n) is 12.9. The van der Waals surface area contributed by atoms with E-state index in [1.807, 2.05) is 6.07 Å². The first-order valence-corrected chi connectivity index (χ1v) is 7.44. The Balaban J connectivity index is 1.82. The fourth-order valence-electron chi connectivity index (χ4n) is 2.14. The second-order valence-electron chi connectivity index (χ2n) is 5.05. The number of benzene rings is 2. The second kappa shape index (κ2) is 8.76. The maximum absolute atomic E-state index is 12.3. The highest BCUT2D eigenvalue weighted by atomic mass is 19.3. The van der Waals surface area contributed by atoms with E-state index in [1.165, 1.54) is 6.07 Å². The highest BCUT2D eigenvalue weighted by molar-refractivity contribution is 5.97. The third-order valence-corrected chi connectivity index (χ3v) is 3.34. The van der Waals surface area contributed by atoms with Crippen molar-refractivity contribution in [3.05, 3.63) is 65.7 Å². The fraction of sp³-hybridized carbons (Fsp3) is 0.222. The van der Waals surface area contributed by atoms with Crippen LogP contribution in [0.5, 0.6) is 5.75 Å². The highest BCUT2D eigenvalue weighted by Crippen LogP contribution is 2.20. The number of rotatable bonds is 8. The molecule has 0 heterocycles. The van der Waals surface area contributed by atoms with E-state index < -0.39 is 6.61 Å². The summed E-state index contributed by atoms with van der Waals surface area (Å²) in [5.41, 5.74) is 1.00.